The lowest BCUT2D eigenvalue weighted by Crippen LogP contribution is -2.37. The van der Waals surface area contributed by atoms with Crippen molar-refractivity contribution in [3.8, 4) is 0 Å². The van der Waals surface area contributed by atoms with Crippen LogP contribution in [0.25, 0.3) is 11.0 Å². The van der Waals surface area contributed by atoms with Gasteiger partial charge in [-0.1, -0.05) is 11.6 Å². The van der Waals surface area contributed by atoms with Crippen molar-refractivity contribution in [1.82, 2.24) is 9.80 Å². The highest BCUT2D eigenvalue weighted by molar-refractivity contribution is 6.31. The van der Waals surface area contributed by atoms with Gasteiger partial charge in [-0.2, -0.15) is 0 Å². The predicted octanol–water partition coefficient (Wildman–Crippen LogP) is 3.41. The molecule has 1 saturated heterocycles. The van der Waals surface area contributed by atoms with Gasteiger partial charge >= 0.3 is 5.97 Å². The monoisotopic (exact) mass is 378 g/mol. The van der Waals surface area contributed by atoms with E-state index in [2.05, 4.69) is 0 Å². The average Bonchev–Trinajstić information content (AvgIpc) is 2.77. The minimum Gasteiger partial charge on any atom is -0.480 e. The first-order valence-electron chi connectivity index (χ1n) is 8.76. The second-order valence-corrected chi connectivity index (χ2v) is 7.32. The topological polar surface area (TPSA) is 74.0 Å². The summed E-state index contributed by atoms with van der Waals surface area (Å²) in [7, 11) is 1.82. The molecule has 1 aliphatic heterocycles. The van der Waals surface area contributed by atoms with Crippen molar-refractivity contribution in [3.05, 3.63) is 34.5 Å². The molecule has 1 fully saturated rings. The molecule has 2 aromatic rings. The number of nitrogens with zero attached hydrogens (tertiary/aromatic N) is 2. The quantitative estimate of drug-likeness (QED) is 0.882. The highest BCUT2D eigenvalue weighted by Crippen LogP contribution is 2.29. The van der Waals surface area contributed by atoms with E-state index in [1.54, 1.807) is 17.0 Å². The number of aliphatic carboxylic acids is 1. The number of likely N-dealkylation sites (tertiary alicyclic amines) is 1. The first-order valence-corrected chi connectivity index (χ1v) is 9.14. The van der Waals surface area contributed by atoms with E-state index in [4.69, 9.17) is 21.1 Å². The third-order valence-corrected chi connectivity index (χ3v) is 5.32. The van der Waals surface area contributed by atoms with Gasteiger partial charge in [0.05, 0.1) is 6.54 Å². The summed E-state index contributed by atoms with van der Waals surface area (Å²) in [6.45, 7) is 3.12. The Bertz CT molecular complexity index is 832. The number of hydrogen-bond donors (Lipinski definition) is 1. The van der Waals surface area contributed by atoms with Crippen LogP contribution in [-0.2, 0) is 4.79 Å². The van der Waals surface area contributed by atoms with E-state index in [0.29, 0.717) is 29.5 Å². The fourth-order valence-corrected chi connectivity index (χ4v) is 3.78. The average molecular weight is 379 g/mol. The van der Waals surface area contributed by atoms with Gasteiger partial charge in [0.1, 0.15) is 5.58 Å². The van der Waals surface area contributed by atoms with Crippen molar-refractivity contribution in [2.75, 3.05) is 26.7 Å². The lowest BCUT2D eigenvalue weighted by Gasteiger charge is -2.25. The zero-order valence-corrected chi connectivity index (χ0v) is 15.8. The molecule has 1 aromatic heterocycles. The number of fused-ring (bicyclic) bond motifs is 1. The molecular formula is C19H23ClN2O4. The predicted molar refractivity (Wildman–Crippen MR) is 99.8 cm³/mol. The number of halogens is 1. The Hall–Kier alpha value is -2.05. The molecule has 1 atom stereocenters. The first-order chi connectivity index (χ1) is 12.4. The normalized spacial score (nSPS) is 18.3. The summed E-state index contributed by atoms with van der Waals surface area (Å²) in [5, 5.41) is 10.4. The Balaban J connectivity index is 1.74. The third kappa shape index (κ3) is 3.86. The summed E-state index contributed by atoms with van der Waals surface area (Å²) in [6.07, 6.45) is 2.47. The lowest BCUT2D eigenvalue weighted by atomic mass is 10.1. The van der Waals surface area contributed by atoms with E-state index in [1.807, 2.05) is 24.9 Å². The first kappa shape index (κ1) is 18.7. The molecule has 2 heterocycles. The van der Waals surface area contributed by atoms with Crippen molar-refractivity contribution in [1.29, 1.82) is 0 Å². The van der Waals surface area contributed by atoms with Crippen molar-refractivity contribution in [2.24, 2.45) is 0 Å². The minimum atomic E-state index is -0.832. The van der Waals surface area contributed by atoms with E-state index in [1.165, 1.54) is 0 Å². The molecule has 0 radical (unpaired) electrons. The molecule has 1 aliphatic rings. The van der Waals surface area contributed by atoms with Crippen LogP contribution < -0.4 is 0 Å². The summed E-state index contributed by atoms with van der Waals surface area (Å²) < 4.78 is 5.80. The van der Waals surface area contributed by atoms with Crippen LogP contribution in [-0.4, -0.2) is 59.5 Å². The van der Waals surface area contributed by atoms with Crippen LogP contribution in [0, 0.1) is 6.92 Å². The van der Waals surface area contributed by atoms with Crippen LogP contribution in [0.5, 0.6) is 0 Å². The Morgan fingerprint density at radius 2 is 2.12 bits per heavy atom. The zero-order chi connectivity index (χ0) is 18.8. The molecule has 1 N–H and O–H groups in total. The number of hydrogen-bond acceptors (Lipinski definition) is 4. The Morgan fingerprint density at radius 1 is 1.35 bits per heavy atom. The fourth-order valence-electron chi connectivity index (χ4n) is 3.61. The number of carbonyl (C=O) groups excluding carboxylic acids is 1. The van der Waals surface area contributed by atoms with Crippen LogP contribution in [0.3, 0.4) is 0 Å². The lowest BCUT2D eigenvalue weighted by molar-refractivity contribution is -0.138. The smallest absolute Gasteiger partial charge is 0.317 e. The number of amides is 1. The van der Waals surface area contributed by atoms with Gasteiger partial charge in [0.15, 0.2) is 5.76 Å². The number of carbonyl (C=O) groups is 2. The maximum absolute atomic E-state index is 13.0. The number of benzene rings is 1. The number of aryl methyl sites for hydroxylation is 1. The summed E-state index contributed by atoms with van der Waals surface area (Å²) in [6, 6.07) is 5.50. The summed E-state index contributed by atoms with van der Waals surface area (Å²) in [4.78, 5) is 27.5. The van der Waals surface area contributed by atoms with E-state index < -0.39 is 5.97 Å². The van der Waals surface area contributed by atoms with Crippen LogP contribution in [0.1, 0.15) is 35.4 Å². The third-order valence-electron chi connectivity index (χ3n) is 5.09. The van der Waals surface area contributed by atoms with Gasteiger partial charge in [-0.15, -0.1) is 0 Å². The largest absolute Gasteiger partial charge is 0.480 e. The molecule has 26 heavy (non-hydrogen) atoms. The van der Waals surface area contributed by atoms with Crippen LogP contribution in [0.15, 0.2) is 22.6 Å². The maximum atomic E-state index is 13.0. The van der Waals surface area contributed by atoms with Crippen molar-refractivity contribution < 1.29 is 19.1 Å². The molecule has 0 spiro atoms. The molecule has 0 saturated carbocycles. The highest BCUT2D eigenvalue weighted by atomic mass is 35.5. The maximum Gasteiger partial charge on any atom is 0.317 e. The Morgan fingerprint density at radius 3 is 2.85 bits per heavy atom. The molecule has 6 nitrogen and oxygen atoms in total. The van der Waals surface area contributed by atoms with Crippen molar-refractivity contribution in [2.45, 2.75) is 32.2 Å². The van der Waals surface area contributed by atoms with E-state index in [0.717, 1.165) is 30.2 Å². The fraction of sp³-hybridized carbons (Fsp3) is 0.474. The molecule has 0 bridgehead atoms. The van der Waals surface area contributed by atoms with Gasteiger partial charge in [0.2, 0.25) is 0 Å². The van der Waals surface area contributed by atoms with Gasteiger partial charge in [0.25, 0.3) is 5.91 Å². The number of rotatable bonds is 4. The highest BCUT2D eigenvalue weighted by Gasteiger charge is 2.27. The molecular weight excluding hydrogens is 356 g/mol. The van der Waals surface area contributed by atoms with Crippen LogP contribution in [0.4, 0.5) is 0 Å². The van der Waals surface area contributed by atoms with E-state index >= 15 is 0 Å². The molecule has 1 amide bonds. The second-order valence-electron chi connectivity index (χ2n) is 6.88. The second kappa shape index (κ2) is 7.68. The van der Waals surface area contributed by atoms with Crippen LogP contribution >= 0.6 is 11.6 Å². The zero-order valence-electron chi connectivity index (χ0n) is 15.0. The summed E-state index contributed by atoms with van der Waals surface area (Å²) in [5.41, 5.74) is 1.46. The molecule has 3 rings (SSSR count). The van der Waals surface area contributed by atoms with E-state index in [-0.39, 0.29) is 18.5 Å². The standard InChI is InChI=1S/C19H23ClN2O4/c1-12-15-10-13(20)5-6-16(15)26-18(12)19(25)22-8-3-4-14(7-9-22)21(2)11-17(23)24/h5-6,10,14H,3-4,7-9,11H2,1-2H3,(H,23,24). The van der Waals surface area contributed by atoms with Crippen molar-refractivity contribution >= 4 is 34.4 Å². The van der Waals surface area contributed by atoms with Gasteiger partial charge in [-0.25, -0.2) is 0 Å². The molecule has 1 unspecified atom stereocenters. The summed E-state index contributed by atoms with van der Waals surface area (Å²) >= 11 is 6.05. The number of likely N-dealkylation sites (N-methyl/N-ethyl adjacent to an activating group) is 1. The minimum absolute atomic E-state index is 0.0159. The number of carboxylic acid groups (broad SMARTS) is 1. The van der Waals surface area contributed by atoms with Crippen molar-refractivity contribution in [3.63, 3.8) is 0 Å². The summed E-state index contributed by atoms with van der Waals surface area (Å²) in [5.74, 6) is -0.586. The molecule has 7 heteroatoms. The Kier molecular flexibility index (Phi) is 5.53. The van der Waals surface area contributed by atoms with Gasteiger partial charge in [-0.3, -0.25) is 14.5 Å². The van der Waals surface area contributed by atoms with Gasteiger partial charge < -0.3 is 14.4 Å². The molecule has 1 aromatic carbocycles. The van der Waals surface area contributed by atoms with Gasteiger partial charge in [-0.05, 0) is 51.4 Å². The van der Waals surface area contributed by atoms with Crippen LogP contribution in [0.2, 0.25) is 5.02 Å². The van der Waals surface area contributed by atoms with E-state index in [9.17, 15) is 9.59 Å². The molecule has 0 aliphatic carbocycles. The SMILES string of the molecule is Cc1c(C(=O)N2CCCC(N(C)CC(=O)O)CC2)oc2ccc(Cl)cc12. The number of furan rings is 1. The number of carboxylic acids is 1. The van der Waals surface area contributed by atoms with Gasteiger partial charge in [0, 0.05) is 35.1 Å². The molecule has 140 valence electrons. The Labute approximate surface area is 157 Å².